The molecule has 2 aromatic heterocycles. The van der Waals surface area contributed by atoms with E-state index in [2.05, 4.69) is 27.4 Å². The number of aromatic amines is 1. The number of aryl methyl sites for hydroxylation is 2. The minimum atomic E-state index is -0.0348. The zero-order valence-corrected chi connectivity index (χ0v) is 16.6. The SMILES string of the molecule is COc1ccc(CCC(=O)Nc2nc(-c3c(C)[nH]c4ccccc34)cs2)cc1. The van der Waals surface area contributed by atoms with Crippen molar-refractivity contribution < 1.29 is 9.53 Å². The molecule has 2 N–H and O–H groups in total. The fraction of sp³-hybridized carbons (Fsp3) is 0.182. The number of rotatable bonds is 6. The molecule has 2 aromatic carbocycles. The average molecular weight is 391 g/mol. The second-order valence-electron chi connectivity index (χ2n) is 6.60. The van der Waals surface area contributed by atoms with Gasteiger partial charge in [-0.1, -0.05) is 30.3 Å². The van der Waals surface area contributed by atoms with Crippen molar-refractivity contribution in [2.24, 2.45) is 0 Å². The van der Waals surface area contributed by atoms with E-state index in [1.165, 1.54) is 11.3 Å². The molecular formula is C22H21N3O2S. The monoisotopic (exact) mass is 391 g/mol. The normalized spacial score (nSPS) is 10.9. The maximum absolute atomic E-state index is 12.3. The molecule has 0 saturated heterocycles. The van der Waals surface area contributed by atoms with E-state index in [-0.39, 0.29) is 5.91 Å². The summed E-state index contributed by atoms with van der Waals surface area (Å²) in [5.74, 6) is 0.781. The maximum Gasteiger partial charge on any atom is 0.226 e. The van der Waals surface area contributed by atoms with Crippen LogP contribution in [0.4, 0.5) is 5.13 Å². The molecule has 1 amide bonds. The molecule has 0 aliphatic heterocycles. The smallest absolute Gasteiger partial charge is 0.226 e. The van der Waals surface area contributed by atoms with Crippen molar-refractivity contribution >= 4 is 33.3 Å². The minimum Gasteiger partial charge on any atom is -0.497 e. The highest BCUT2D eigenvalue weighted by Crippen LogP contribution is 2.33. The number of thiazole rings is 1. The number of nitrogens with zero attached hydrogens (tertiary/aromatic N) is 1. The number of anilines is 1. The summed E-state index contributed by atoms with van der Waals surface area (Å²) >= 11 is 1.45. The quantitative estimate of drug-likeness (QED) is 0.476. The zero-order chi connectivity index (χ0) is 19.5. The molecule has 0 fully saturated rings. The number of ether oxygens (including phenoxy) is 1. The molecule has 0 aliphatic rings. The number of methoxy groups -OCH3 is 1. The first-order chi connectivity index (χ1) is 13.6. The third-order valence-electron chi connectivity index (χ3n) is 4.70. The van der Waals surface area contributed by atoms with Crippen molar-refractivity contribution in [1.29, 1.82) is 0 Å². The van der Waals surface area contributed by atoms with Gasteiger partial charge in [0.05, 0.1) is 12.8 Å². The fourth-order valence-electron chi connectivity index (χ4n) is 3.28. The van der Waals surface area contributed by atoms with Crippen molar-refractivity contribution in [1.82, 2.24) is 9.97 Å². The van der Waals surface area contributed by atoms with Gasteiger partial charge in [0, 0.05) is 34.0 Å². The number of para-hydroxylation sites is 1. The van der Waals surface area contributed by atoms with Crippen LogP contribution in [0.15, 0.2) is 53.9 Å². The highest BCUT2D eigenvalue weighted by Gasteiger charge is 2.14. The molecule has 28 heavy (non-hydrogen) atoms. The predicted octanol–water partition coefficient (Wildman–Crippen LogP) is 5.18. The van der Waals surface area contributed by atoms with Gasteiger partial charge in [0.25, 0.3) is 0 Å². The molecule has 6 heteroatoms. The largest absolute Gasteiger partial charge is 0.497 e. The first-order valence-corrected chi connectivity index (χ1v) is 9.98. The number of carbonyl (C=O) groups excluding carboxylic acids is 1. The van der Waals surface area contributed by atoms with Gasteiger partial charge >= 0.3 is 0 Å². The highest BCUT2D eigenvalue weighted by atomic mass is 32.1. The number of nitrogens with one attached hydrogen (secondary N) is 2. The molecule has 0 saturated carbocycles. The van der Waals surface area contributed by atoms with Gasteiger partial charge in [0.2, 0.25) is 5.91 Å². The average Bonchev–Trinajstić information content (AvgIpc) is 3.29. The molecule has 0 unspecified atom stereocenters. The van der Waals surface area contributed by atoms with Gasteiger partial charge in [-0.3, -0.25) is 4.79 Å². The molecule has 0 atom stereocenters. The lowest BCUT2D eigenvalue weighted by atomic mass is 10.1. The number of fused-ring (bicyclic) bond motifs is 1. The molecule has 0 bridgehead atoms. The zero-order valence-electron chi connectivity index (χ0n) is 15.8. The van der Waals surface area contributed by atoms with E-state index in [9.17, 15) is 4.79 Å². The van der Waals surface area contributed by atoms with Crippen LogP contribution in [0.3, 0.4) is 0 Å². The summed E-state index contributed by atoms with van der Waals surface area (Å²) in [5, 5.41) is 6.67. The number of carbonyl (C=O) groups is 1. The van der Waals surface area contributed by atoms with E-state index < -0.39 is 0 Å². The maximum atomic E-state index is 12.3. The second-order valence-corrected chi connectivity index (χ2v) is 7.46. The summed E-state index contributed by atoms with van der Waals surface area (Å²) in [5.41, 5.74) is 5.23. The van der Waals surface area contributed by atoms with Crippen molar-refractivity contribution in [2.75, 3.05) is 12.4 Å². The molecule has 0 radical (unpaired) electrons. The third kappa shape index (κ3) is 3.77. The van der Waals surface area contributed by atoms with Gasteiger partial charge in [0.15, 0.2) is 5.13 Å². The van der Waals surface area contributed by atoms with E-state index in [1.807, 2.05) is 48.7 Å². The predicted molar refractivity (Wildman–Crippen MR) is 114 cm³/mol. The van der Waals surface area contributed by atoms with E-state index >= 15 is 0 Å². The highest BCUT2D eigenvalue weighted by molar-refractivity contribution is 7.14. The Morgan fingerprint density at radius 3 is 2.75 bits per heavy atom. The van der Waals surface area contributed by atoms with E-state index in [0.717, 1.165) is 39.2 Å². The van der Waals surface area contributed by atoms with Crippen LogP contribution in [-0.2, 0) is 11.2 Å². The summed E-state index contributed by atoms with van der Waals surface area (Å²) in [7, 11) is 1.64. The summed E-state index contributed by atoms with van der Waals surface area (Å²) < 4.78 is 5.15. The first kappa shape index (κ1) is 18.3. The Hall–Kier alpha value is -3.12. The van der Waals surface area contributed by atoms with Gasteiger partial charge < -0.3 is 15.0 Å². The van der Waals surface area contributed by atoms with Gasteiger partial charge in [-0.25, -0.2) is 4.98 Å². The second kappa shape index (κ2) is 7.86. The van der Waals surface area contributed by atoms with Gasteiger partial charge in [0.1, 0.15) is 5.75 Å². The lowest BCUT2D eigenvalue weighted by molar-refractivity contribution is -0.116. The molecular weight excluding hydrogens is 370 g/mol. The van der Waals surface area contributed by atoms with Gasteiger partial charge in [-0.15, -0.1) is 11.3 Å². The van der Waals surface area contributed by atoms with E-state index in [0.29, 0.717) is 18.0 Å². The molecule has 2 heterocycles. The number of hydrogen-bond acceptors (Lipinski definition) is 4. The van der Waals surface area contributed by atoms with Crippen LogP contribution in [0.2, 0.25) is 0 Å². The first-order valence-electron chi connectivity index (χ1n) is 9.10. The molecule has 0 spiro atoms. The topological polar surface area (TPSA) is 67.0 Å². The van der Waals surface area contributed by atoms with Crippen LogP contribution in [0.25, 0.3) is 22.2 Å². The van der Waals surface area contributed by atoms with Crippen LogP contribution in [-0.4, -0.2) is 23.0 Å². The number of aromatic nitrogens is 2. The molecule has 4 rings (SSSR count). The van der Waals surface area contributed by atoms with Gasteiger partial charge in [-0.05, 0) is 37.1 Å². The Morgan fingerprint density at radius 2 is 1.96 bits per heavy atom. The molecule has 142 valence electrons. The number of benzene rings is 2. The Morgan fingerprint density at radius 1 is 1.18 bits per heavy atom. The standard InChI is InChI=1S/C22H21N3O2S/c1-14-21(17-5-3-4-6-18(17)23-14)19-13-28-22(24-19)25-20(26)12-9-15-7-10-16(27-2)11-8-15/h3-8,10-11,13,23H,9,12H2,1-2H3,(H,24,25,26). The number of amides is 1. The Labute approximate surface area is 167 Å². The summed E-state index contributed by atoms with van der Waals surface area (Å²) in [6, 6.07) is 15.9. The Kier molecular flexibility index (Phi) is 5.12. The summed E-state index contributed by atoms with van der Waals surface area (Å²) in [6.45, 7) is 2.04. The van der Waals surface area contributed by atoms with Crippen LogP contribution in [0, 0.1) is 6.92 Å². The molecule has 4 aromatic rings. The lowest BCUT2D eigenvalue weighted by Gasteiger charge is -2.04. The van der Waals surface area contributed by atoms with Crippen LogP contribution in [0.1, 0.15) is 17.7 Å². The van der Waals surface area contributed by atoms with Crippen molar-refractivity contribution in [3.63, 3.8) is 0 Å². The summed E-state index contributed by atoms with van der Waals surface area (Å²) in [6.07, 6.45) is 1.09. The number of H-pyrrole nitrogens is 1. The third-order valence-corrected chi connectivity index (χ3v) is 5.46. The number of hydrogen-bond donors (Lipinski definition) is 2. The molecule has 5 nitrogen and oxygen atoms in total. The summed E-state index contributed by atoms with van der Waals surface area (Å²) in [4.78, 5) is 20.3. The van der Waals surface area contributed by atoms with Crippen molar-refractivity contribution in [2.45, 2.75) is 19.8 Å². The Bertz CT molecular complexity index is 1110. The fourth-order valence-corrected chi connectivity index (χ4v) is 4.00. The van der Waals surface area contributed by atoms with Gasteiger partial charge in [-0.2, -0.15) is 0 Å². The van der Waals surface area contributed by atoms with Crippen molar-refractivity contribution in [3.8, 4) is 17.0 Å². The lowest BCUT2D eigenvalue weighted by Crippen LogP contribution is -2.12. The minimum absolute atomic E-state index is 0.0348. The van der Waals surface area contributed by atoms with E-state index in [4.69, 9.17) is 4.74 Å². The molecule has 0 aliphatic carbocycles. The van der Waals surface area contributed by atoms with Crippen LogP contribution in [0.5, 0.6) is 5.75 Å². The van der Waals surface area contributed by atoms with E-state index in [1.54, 1.807) is 7.11 Å². The van der Waals surface area contributed by atoms with Crippen LogP contribution >= 0.6 is 11.3 Å². The van der Waals surface area contributed by atoms with Crippen molar-refractivity contribution in [3.05, 3.63) is 65.2 Å². The Balaban J connectivity index is 1.42. The van der Waals surface area contributed by atoms with Crippen LogP contribution < -0.4 is 10.1 Å².